The van der Waals surface area contributed by atoms with Gasteiger partial charge in [-0.25, -0.2) is 9.37 Å². The van der Waals surface area contributed by atoms with Crippen molar-refractivity contribution < 1.29 is 18.6 Å². The third-order valence-corrected chi connectivity index (χ3v) is 7.92. The van der Waals surface area contributed by atoms with Crippen LogP contribution in [0.5, 0.6) is 5.75 Å². The lowest BCUT2D eigenvalue weighted by Crippen LogP contribution is -2.55. The molecule has 39 heavy (non-hydrogen) atoms. The third kappa shape index (κ3) is 4.68. The normalized spacial score (nSPS) is 22.9. The van der Waals surface area contributed by atoms with Gasteiger partial charge in [-0.1, -0.05) is 0 Å². The zero-order chi connectivity index (χ0) is 27.2. The minimum absolute atomic E-state index is 0.0615. The number of nitrogens with one attached hydrogen (secondary N) is 2. The molecule has 2 unspecified atom stereocenters. The summed E-state index contributed by atoms with van der Waals surface area (Å²) in [5.41, 5.74) is 0.377. The highest BCUT2D eigenvalue weighted by atomic mass is 19.1. The van der Waals surface area contributed by atoms with Gasteiger partial charge < -0.3 is 24.8 Å². The van der Waals surface area contributed by atoms with E-state index in [-0.39, 0.29) is 36.6 Å². The quantitative estimate of drug-likeness (QED) is 0.439. The molecule has 6 rings (SSSR count). The van der Waals surface area contributed by atoms with Gasteiger partial charge >= 0.3 is 0 Å². The monoisotopic (exact) mass is 539 g/mol. The predicted molar refractivity (Wildman–Crippen MR) is 141 cm³/mol. The minimum atomic E-state index is -0.987. The second kappa shape index (κ2) is 9.96. The molecule has 13 heteroatoms. The first-order chi connectivity index (χ1) is 18.8. The van der Waals surface area contributed by atoms with E-state index in [1.54, 1.807) is 18.9 Å². The Kier molecular flexibility index (Phi) is 6.60. The number of methoxy groups -OCH3 is 2. The fourth-order valence-corrected chi connectivity index (χ4v) is 6.40. The maximum atomic E-state index is 14.8. The van der Waals surface area contributed by atoms with Crippen molar-refractivity contribution >= 4 is 17.5 Å². The molecular weight excluding hydrogens is 505 g/mol. The topological polar surface area (TPSA) is 124 Å². The van der Waals surface area contributed by atoms with Gasteiger partial charge in [0.1, 0.15) is 11.4 Å². The average Bonchev–Trinajstić information content (AvgIpc) is 3.58. The first-order valence-electron chi connectivity index (χ1n) is 13.2. The fraction of sp³-hybridized carbons (Fsp3) is 0.577. The highest BCUT2D eigenvalue weighted by Crippen LogP contribution is 2.40. The van der Waals surface area contributed by atoms with Gasteiger partial charge in [0.2, 0.25) is 17.4 Å². The van der Waals surface area contributed by atoms with E-state index in [0.29, 0.717) is 29.0 Å². The van der Waals surface area contributed by atoms with Crippen molar-refractivity contribution in [3.63, 3.8) is 0 Å². The first kappa shape index (κ1) is 25.8. The van der Waals surface area contributed by atoms with Gasteiger partial charge in [0.15, 0.2) is 11.6 Å². The predicted octanol–water partition coefficient (Wildman–Crippen LogP) is 3.03. The fourth-order valence-electron chi connectivity index (χ4n) is 6.40. The van der Waals surface area contributed by atoms with E-state index in [1.165, 1.54) is 19.0 Å². The van der Waals surface area contributed by atoms with Crippen molar-refractivity contribution in [3.05, 3.63) is 36.0 Å². The van der Waals surface area contributed by atoms with Crippen LogP contribution in [0.2, 0.25) is 0 Å². The van der Waals surface area contributed by atoms with Crippen molar-refractivity contribution in [1.29, 1.82) is 0 Å². The average molecular weight is 540 g/mol. The molecule has 208 valence electrons. The summed E-state index contributed by atoms with van der Waals surface area (Å²) in [4.78, 5) is 11.2. The van der Waals surface area contributed by atoms with E-state index in [2.05, 4.69) is 54.9 Å². The molecule has 2 saturated heterocycles. The van der Waals surface area contributed by atoms with Crippen LogP contribution in [0.25, 0.3) is 5.69 Å². The van der Waals surface area contributed by atoms with Crippen LogP contribution < -0.4 is 15.4 Å². The molecule has 2 N–H and O–H groups in total. The second-order valence-corrected chi connectivity index (χ2v) is 11.2. The van der Waals surface area contributed by atoms with Crippen LogP contribution in [0.1, 0.15) is 45.4 Å². The number of rotatable bonds is 8. The maximum absolute atomic E-state index is 14.8. The van der Waals surface area contributed by atoms with Gasteiger partial charge in [0, 0.05) is 37.5 Å². The van der Waals surface area contributed by atoms with Gasteiger partial charge in [-0.2, -0.15) is 9.67 Å². The van der Waals surface area contributed by atoms with Crippen molar-refractivity contribution in [2.75, 3.05) is 44.6 Å². The number of piperidine rings is 1. The molecule has 2 aromatic heterocycles. The van der Waals surface area contributed by atoms with Crippen molar-refractivity contribution in [2.45, 2.75) is 62.8 Å². The Morgan fingerprint density at radius 3 is 2.82 bits per heavy atom. The van der Waals surface area contributed by atoms with E-state index >= 15 is 0 Å². The van der Waals surface area contributed by atoms with E-state index < -0.39 is 11.4 Å². The molecule has 3 aliphatic rings. The van der Waals surface area contributed by atoms with Crippen LogP contribution in [-0.4, -0.2) is 86.7 Å². The van der Waals surface area contributed by atoms with Crippen LogP contribution >= 0.6 is 0 Å². The third-order valence-electron chi connectivity index (χ3n) is 7.92. The SMILES string of the molecule is COCC1(COC)Oc2ccc(Nc3ncc(F)c(NC4CC5CCCN5C(C)(C)C4)n3)cc2-n2nnnc21. The van der Waals surface area contributed by atoms with E-state index in [0.717, 1.165) is 19.4 Å². The lowest BCUT2D eigenvalue weighted by molar-refractivity contribution is -0.0748. The summed E-state index contributed by atoms with van der Waals surface area (Å²) in [7, 11) is 3.17. The van der Waals surface area contributed by atoms with Gasteiger partial charge in [-0.3, -0.25) is 4.90 Å². The van der Waals surface area contributed by atoms with Crippen molar-refractivity contribution in [1.82, 2.24) is 35.1 Å². The highest BCUT2D eigenvalue weighted by Gasteiger charge is 2.45. The largest absolute Gasteiger partial charge is 0.472 e. The van der Waals surface area contributed by atoms with Gasteiger partial charge in [0.05, 0.1) is 19.4 Å². The Morgan fingerprint density at radius 1 is 1.21 bits per heavy atom. The van der Waals surface area contributed by atoms with Gasteiger partial charge in [-0.15, -0.1) is 5.10 Å². The number of aromatic nitrogens is 6. The summed E-state index contributed by atoms with van der Waals surface area (Å²) < 4.78 is 33.5. The number of fused-ring (bicyclic) bond motifs is 4. The lowest BCUT2D eigenvalue weighted by Gasteiger charge is -2.47. The molecular formula is C26H34FN9O3. The van der Waals surface area contributed by atoms with Crippen LogP contribution in [0.4, 0.5) is 21.8 Å². The molecule has 0 bridgehead atoms. The Hall–Kier alpha value is -3.42. The molecule has 0 aliphatic carbocycles. The van der Waals surface area contributed by atoms with E-state index in [1.807, 2.05) is 18.2 Å². The van der Waals surface area contributed by atoms with Crippen LogP contribution in [0, 0.1) is 5.82 Å². The molecule has 1 aromatic carbocycles. The Balaban J connectivity index is 1.22. The van der Waals surface area contributed by atoms with Gasteiger partial charge in [-0.05, 0) is 74.7 Å². The summed E-state index contributed by atoms with van der Waals surface area (Å²) in [5, 5.41) is 18.8. The molecule has 2 fully saturated rings. The Labute approximate surface area is 226 Å². The number of nitrogens with zero attached hydrogens (tertiary/aromatic N) is 7. The molecule has 3 aromatic rings. The maximum Gasteiger partial charge on any atom is 0.229 e. The van der Waals surface area contributed by atoms with Crippen molar-refractivity contribution in [2.24, 2.45) is 0 Å². The Morgan fingerprint density at radius 2 is 2.03 bits per heavy atom. The number of tetrazole rings is 1. The number of benzene rings is 1. The lowest BCUT2D eigenvalue weighted by atomic mass is 9.84. The molecule has 0 radical (unpaired) electrons. The zero-order valence-electron chi connectivity index (χ0n) is 22.6. The van der Waals surface area contributed by atoms with E-state index in [9.17, 15) is 4.39 Å². The number of anilines is 3. The van der Waals surface area contributed by atoms with Crippen LogP contribution in [0.3, 0.4) is 0 Å². The molecule has 12 nitrogen and oxygen atoms in total. The summed E-state index contributed by atoms with van der Waals surface area (Å²) in [6.45, 7) is 6.09. The smallest absolute Gasteiger partial charge is 0.229 e. The van der Waals surface area contributed by atoms with Gasteiger partial charge in [0.25, 0.3) is 0 Å². The number of hydrogen-bond donors (Lipinski definition) is 2. The number of halogens is 1. The highest BCUT2D eigenvalue weighted by molar-refractivity contribution is 5.64. The standard InChI is InChI=1S/C26H34FN9O3/c1-25(2)12-17(10-18-6-5-9-35(18)25)29-22-19(27)13-28-24(31-22)30-16-7-8-21-20(11-16)36-23(32-33-34-36)26(39-21,14-37-3)15-38-4/h7-8,11,13,17-18H,5-6,9-10,12,14-15H2,1-4H3,(H2,28,29,30,31). The van der Waals surface area contributed by atoms with E-state index in [4.69, 9.17) is 14.2 Å². The second-order valence-electron chi connectivity index (χ2n) is 11.2. The number of hydrogen-bond acceptors (Lipinski definition) is 11. The number of ether oxygens (including phenoxy) is 3. The Bertz CT molecular complexity index is 1340. The van der Waals surface area contributed by atoms with Crippen LogP contribution in [0.15, 0.2) is 24.4 Å². The molecule has 0 saturated carbocycles. The molecule has 0 amide bonds. The first-order valence-corrected chi connectivity index (χ1v) is 13.2. The zero-order valence-corrected chi connectivity index (χ0v) is 22.6. The molecule has 5 heterocycles. The van der Waals surface area contributed by atoms with Crippen molar-refractivity contribution in [3.8, 4) is 11.4 Å². The molecule has 0 spiro atoms. The molecule has 2 atom stereocenters. The van der Waals surface area contributed by atoms with Crippen LogP contribution in [-0.2, 0) is 15.1 Å². The minimum Gasteiger partial charge on any atom is -0.472 e. The molecule has 3 aliphatic heterocycles. The summed E-state index contributed by atoms with van der Waals surface area (Å²) in [6.07, 6.45) is 5.49. The summed E-state index contributed by atoms with van der Waals surface area (Å²) in [6, 6.07) is 6.13. The summed E-state index contributed by atoms with van der Waals surface area (Å²) in [5.74, 6) is 1.04. The summed E-state index contributed by atoms with van der Waals surface area (Å²) >= 11 is 0.